The van der Waals surface area contributed by atoms with Crippen molar-refractivity contribution in [1.82, 2.24) is 5.16 Å². The number of ether oxygens (including phenoxy) is 1. The zero-order valence-corrected chi connectivity index (χ0v) is 9.65. The van der Waals surface area contributed by atoms with Crippen LogP contribution >= 0.6 is 11.6 Å². The third-order valence-corrected chi connectivity index (χ3v) is 2.35. The number of rotatable bonds is 4. The minimum absolute atomic E-state index is 0.118. The van der Waals surface area contributed by atoms with Crippen molar-refractivity contribution < 1.29 is 23.6 Å². The lowest BCUT2D eigenvalue weighted by molar-refractivity contribution is 0.0685. The zero-order valence-electron chi connectivity index (χ0n) is 8.89. The van der Waals surface area contributed by atoms with Gasteiger partial charge in [-0.2, -0.15) is 0 Å². The van der Waals surface area contributed by atoms with Gasteiger partial charge in [0, 0.05) is 6.07 Å². The molecule has 2 rings (SSSR count). The van der Waals surface area contributed by atoms with E-state index in [1.807, 2.05) is 0 Å². The van der Waals surface area contributed by atoms with E-state index in [4.69, 9.17) is 26.0 Å². The maximum Gasteiger partial charge on any atom is 0.358 e. The number of aromatic carboxylic acids is 1. The zero-order chi connectivity index (χ0) is 13.1. The van der Waals surface area contributed by atoms with Crippen LogP contribution in [0.1, 0.15) is 16.2 Å². The Hall–Kier alpha value is -2.08. The molecule has 0 radical (unpaired) electrons. The van der Waals surface area contributed by atoms with E-state index in [2.05, 4.69) is 5.16 Å². The summed E-state index contributed by atoms with van der Waals surface area (Å²) in [5.74, 6) is -1.78. The molecule has 0 amide bonds. The van der Waals surface area contributed by atoms with Crippen molar-refractivity contribution in [3.63, 3.8) is 0 Å². The van der Waals surface area contributed by atoms with Crippen LogP contribution in [0.3, 0.4) is 0 Å². The maximum absolute atomic E-state index is 13.3. The summed E-state index contributed by atoms with van der Waals surface area (Å²) in [5.41, 5.74) is -0.242. The van der Waals surface area contributed by atoms with Crippen LogP contribution < -0.4 is 4.74 Å². The van der Waals surface area contributed by atoms with E-state index in [9.17, 15) is 9.18 Å². The lowest BCUT2D eigenvalue weighted by Gasteiger charge is -2.06. The van der Waals surface area contributed by atoms with Gasteiger partial charge in [0.1, 0.15) is 6.61 Å². The first kappa shape index (κ1) is 12.4. The van der Waals surface area contributed by atoms with E-state index < -0.39 is 11.8 Å². The molecule has 18 heavy (non-hydrogen) atoms. The number of carboxylic acid groups (broad SMARTS) is 1. The van der Waals surface area contributed by atoms with Crippen LogP contribution in [0.4, 0.5) is 4.39 Å². The molecule has 0 unspecified atom stereocenters. The highest BCUT2D eigenvalue weighted by Crippen LogP contribution is 2.27. The van der Waals surface area contributed by atoms with Crippen LogP contribution in [0.5, 0.6) is 5.75 Å². The SMILES string of the molecule is O=C(O)c1cc(COc2c(F)cccc2Cl)on1. The van der Waals surface area contributed by atoms with Gasteiger partial charge in [-0.15, -0.1) is 0 Å². The second kappa shape index (κ2) is 5.05. The van der Waals surface area contributed by atoms with Gasteiger partial charge >= 0.3 is 5.97 Å². The number of carbonyl (C=O) groups is 1. The standard InChI is InChI=1S/C11H7ClFNO4/c12-7-2-1-3-8(13)10(7)17-5-6-4-9(11(15)16)14-18-6/h1-4H,5H2,(H,15,16). The van der Waals surface area contributed by atoms with Crippen molar-refractivity contribution in [2.75, 3.05) is 0 Å². The van der Waals surface area contributed by atoms with Crippen molar-refractivity contribution in [1.29, 1.82) is 0 Å². The van der Waals surface area contributed by atoms with E-state index in [0.29, 0.717) is 0 Å². The van der Waals surface area contributed by atoms with E-state index in [0.717, 1.165) is 0 Å². The average molecular weight is 272 g/mol. The molecule has 0 aliphatic rings. The van der Waals surface area contributed by atoms with Gasteiger partial charge in [-0.3, -0.25) is 0 Å². The number of nitrogens with zero attached hydrogens (tertiary/aromatic N) is 1. The molecular formula is C11H7ClFNO4. The summed E-state index contributed by atoms with van der Waals surface area (Å²) in [4.78, 5) is 10.6. The molecule has 0 fully saturated rings. The molecule has 1 N–H and O–H groups in total. The number of hydrogen-bond acceptors (Lipinski definition) is 4. The summed E-state index contributed by atoms with van der Waals surface area (Å²) >= 11 is 5.75. The molecular weight excluding hydrogens is 265 g/mol. The second-order valence-corrected chi connectivity index (χ2v) is 3.73. The Balaban J connectivity index is 2.09. The highest BCUT2D eigenvalue weighted by atomic mass is 35.5. The van der Waals surface area contributed by atoms with Gasteiger partial charge in [0.2, 0.25) is 0 Å². The minimum atomic E-state index is -1.21. The maximum atomic E-state index is 13.3. The monoisotopic (exact) mass is 271 g/mol. The summed E-state index contributed by atoms with van der Waals surface area (Å²) < 4.78 is 23.2. The van der Waals surface area contributed by atoms with Crippen LogP contribution in [-0.2, 0) is 6.61 Å². The average Bonchev–Trinajstić information content (AvgIpc) is 2.77. The smallest absolute Gasteiger partial charge is 0.358 e. The third kappa shape index (κ3) is 2.60. The van der Waals surface area contributed by atoms with Crippen molar-refractivity contribution in [3.05, 3.63) is 46.6 Å². The lowest BCUT2D eigenvalue weighted by atomic mass is 10.3. The third-order valence-electron chi connectivity index (χ3n) is 2.06. The van der Waals surface area contributed by atoms with Crippen LogP contribution in [0.2, 0.25) is 5.02 Å². The molecule has 0 aliphatic carbocycles. The molecule has 5 nitrogen and oxygen atoms in total. The molecule has 0 saturated heterocycles. The highest BCUT2D eigenvalue weighted by Gasteiger charge is 2.13. The number of benzene rings is 1. The first-order valence-corrected chi connectivity index (χ1v) is 5.21. The van der Waals surface area contributed by atoms with Gasteiger partial charge < -0.3 is 14.4 Å². The number of para-hydroxylation sites is 1. The van der Waals surface area contributed by atoms with E-state index in [1.165, 1.54) is 24.3 Å². The second-order valence-electron chi connectivity index (χ2n) is 3.32. The molecule has 0 atom stereocenters. The summed E-state index contributed by atoms with van der Waals surface area (Å²) in [6.07, 6.45) is 0. The molecule has 0 saturated carbocycles. The van der Waals surface area contributed by atoms with Gasteiger partial charge in [0.05, 0.1) is 5.02 Å². The van der Waals surface area contributed by atoms with Gasteiger partial charge in [-0.1, -0.05) is 22.8 Å². The summed E-state index contributed by atoms with van der Waals surface area (Å²) in [7, 11) is 0. The summed E-state index contributed by atoms with van der Waals surface area (Å²) in [5, 5.41) is 12.0. The molecule has 0 spiro atoms. The van der Waals surface area contributed by atoms with Gasteiger partial charge in [-0.25, -0.2) is 9.18 Å². The molecule has 1 heterocycles. The molecule has 1 aromatic carbocycles. The Morgan fingerprint density at radius 1 is 1.56 bits per heavy atom. The Morgan fingerprint density at radius 2 is 2.33 bits per heavy atom. The molecule has 2 aromatic rings. The van der Waals surface area contributed by atoms with Crippen molar-refractivity contribution >= 4 is 17.6 Å². The van der Waals surface area contributed by atoms with E-state index in [-0.39, 0.29) is 28.8 Å². The predicted octanol–water partition coefficient (Wildman–Crippen LogP) is 2.74. The topological polar surface area (TPSA) is 72.6 Å². The molecule has 94 valence electrons. The Kier molecular flexibility index (Phi) is 3.47. The number of aromatic nitrogens is 1. The van der Waals surface area contributed by atoms with Crippen molar-refractivity contribution in [3.8, 4) is 5.75 Å². The Bertz CT molecular complexity index is 564. The van der Waals surface area contributed by atoms with Crippen molar-refractivity contribution in [2.45, 2.75) is 6.61 Å². The highest BCUT2D eigenvalue weighted by molar-refractivity contribution is 6.32. The number of hydrogen-bond donors (Lipinski definition) is 1. The first-order chi connectivity index (χ1) is 8.58. The fraction of sp³-hybridized carbons (Fsp3) is 0.0909. The van der Waals surface area contributed by atoms with Crippen LogP contribution in [0, 0.1) is 5.82 Å². The Labute approximate surface area is 106 Å². The number of carboxylic acids is 1. The quantitative estimate of drug-likeness (QED) is 0.925. The van der Waals surface area contributed by atoms with E-state index in [1.54, 1.807) is 0 Å². The largest absolute Gasteiger partial charge is 0.481 e. The van der Waals surface area contributed by atoms with E-state index >= 15 is 0 Å². The fourth-order valence-electron chi connectivity index (χ4n) is 1.25. The fourth-order valence-corrected chi connectivity index (χ4v) is 1.46. The normalized spacial score (nSPS) is 10.3. The number of halogens is 2. The predicted molar refractivity (Wildman–Crippen MR) is 59.2 cm³/mol. The van der Waals surface area contributed by atoms with Gasteiger partial charge in [-0.05, 0) is 12.1 Å². The first-order valence-electron chi connectivity index (χ1n) is 4.83. The molecule has 1 aromatic heterocycles. The van der Waals surface area contributed by atoms with Crippen LogP contribution in [0.15, 0.2) is 28.8 Å². The van der Waals surface area contributed by atoms with Crippen LogP contribution in [-0.4, -0.2) is 16.2 Å². The molecule has 0 aliphatic heterocycles. The molecule has 7 heteroatoms. The van der Waals surface area contributed by atoms with Crippen LogP contribution in [0.25, 0.3) is 0 Å². The van der Waals surface area contributed by atoms with Gasteiger partial charge in [0.25, 0.3) is 0 Å². The summed E-state index contributed by atoms with van der Waals surface area (Å²) in [6, 6.07) is 5.31. The molecule has 0 bridgehead atoms. The van der Waals surface area contributed by atoms with Gasteiger partial charge in [0.15, 0.2) is 23.0 Å². The lowest BCUT2D eigenvalue weighted by Crippen LogP contribution is -1.97. The Morgan fingerprint density at radius 3 is 2.94 bits per heavy atom. The minimum Gasteiger partial charge on any atom is -0.481 e. The summed E-state index contributed by atoms with van der Waals surface area (Å²) in [6.45, 7) is -0.166. The van der Waals surface area contributed by atoms with Crippen molar-refractivity contribution in [2.24, 2.45) is 0 Å².